The highest BCUT2D eigenvalue weighted by atomic mass is 19.1. The summed E-state index contributed by atoms with van der Waals surface area (Å²) >= 11 is 0. The average molecular weight is 566 g/mol. The molecule has 1 saturated heterocycles. The van der Waals surface area contributed by atoms with Crippen molar-refractivity contribution in [3.05, 3.63) is 52.3 Å². The van der Waals surface area contributed by atoms with Crippen molar-refractivity contribution in [1.29, 1.82) is 0 Å². The number of halogens is 1. The first-order valence-electron chi connectivity index (χ1n) is 13.8. The van der Waals surface area contributed by atoms with Gasteiger partial charge in [-0.05, 0) is 65.8 Å². The number of primary amides is 1. The lowest BCUT2D eigenvalue weighted by Crippen LogP contribution is -2.40. The Morgan fingerprint density at radius 2 is 1.93 bits per heavy atom. The first-order chi connectivity index (χ1) is 19.7. The van der Waals surface area contributed by atoms with Crippen molar-refractivity contribution < 1.29 is 37.8 Å². The predicted molar refractivity (Wildman–Crippen MR) is 146 cm³/mol. The molecule has 0 bridgehead atoms. The number of benzene rings is 2. The zero-order chi connectivity index (χ0) is 29.1. The Morgan fingerprint density at radius 3 is 2.71 bits per heavy atom. The van der Waals surface area contributed by atoms with Crippen LogP contribution in [0.4, 0.5) is 9.18 Å². The molecule has 0 unspecified atom stereocenters. The second kappa shape index (κ2) is 12.2. The smallest absolute Gasteiger partial charge is 0.409 e. The summed E-state index contributed by atoms with van der Waals surface area (Å²) in [6.07, 6.45) is 1.20. The molecule has 41 heavy (non-hydrogen) atoms. The number of fused-ring (bicyclic) bond motifs is 4. The van der Waals surface area contributed by atoms with Crippen molar-refractivity contribution in [1.82, 2.24) is 4.90 Å². The third-order valence-electron chi connectivity index (χ3n) is 7.49. The van der Waals surface area contributed by atoms with Crippen molar-refractivity contribution >= 4 is 29.4 Å². The summed E-state index contributed by atoms with van der Waals surface area (Å²) in [7, 11) is 0. The maximum absolute atomic E-state index is 15.4. The molecule has 0 aromatic heterocycles. The molecule has 3 amide bonds. The van der Waals surface area contributed by atoms with Gasteiger partial charge in [-0.15, -0.1) is 0 Å². The summed E-state index contributed by atoms with van der Waals surface area (Å²) in [5, 5.41) is 0. The maximum atomic E-state index is 15.4. The molecule has 2 aliphatic heterocycles. The van der Waals surface area contributed by atoms with E-state index in [2.05, 4.69) is 4.99 Å². The van der Waals surface area contributed by atoms with Crippen LogP contribution in [-0.2, 0) is 38.5 Å². The van der Waals surface area contributed by atoms with E-state index in [-0.39, 0.29) is 49.8 Å². The van der Waals surface area contributed by atoms with Gasteiger partial charge in [0.1, 0.15) is 23.9 Å². The number of ether oxygens (including phenoxy) is 3. The van der Waals surface area contributed by atoms with E-state index in [0.29, 0.717) is 42.7 Å². The van der Waals surface area contributed by atoms with Gasteiger partial charge < -0.3 is 24.8 Å². The fourth-order valence-electron chi connectivity index (χ4n) is 5.23. The van der Waals surface area contributed by atoms with Gasteiger partial charge in [-0.3, -0.25) is 14.4 Å². The SMILES string of the molecule is CCCCOC(=O)N1CCCO[C@H](C(=O)N=C(Cc2cc3c(cc2F)-c2cc4c(cc2CO3)C(=O)CC4)C(N)=O)C1. The van der Waals surface area contributed by atoms with Crippen LogP contribution in [0.3, 0.4) is 0 Å². The molecule has 0 saturated carbocycles. The Balaban J connectivity index is 1.34. The molecule has 10 nitrogen and oxygen atoms in total. The molecule has 2 heterocycles. The third kappa shape index (κ3) is 6.14. The number of carbonyl (C=O) groups excluding carboxylic acids is 4. The van der Waals surface area contributed by atoms with Gasteiger partial charge in [-0.1, -0.05) is 13.3 Å². The number of rotatable bonds is 7. The zero-order valence-corrected chi connectivity index (χ0v) is 22.9. The summed E-state index contributed by atoms with van der Waals surface area (Å²) in [5.41, 5.74) is 9.02. The molecular weight excluding hydrogens is 533 g/mol. The molecular formula is C30H32FN3O7. The van der Waals surface area contributed by atoms with E-state index >= 15 is 4.39 Å². The van der Waals surface area contributed by atoms with Gasteiger partial charge >= 0.3 is 6.09 Å². The van der Waals surface area contributed by atoms with E-state index < -0.39 is 29.8 Å². The molecule has 0 spiro atoms. The highest BCUT2D eigenvalue weighted by Gasteiger charge is 2.30. The van der Waals surface area contributed by atoms with Gasteiger partial charge in [0.05, 0.1) is 13.2 Å². The summed E-state index contributed by atoms with van der Waals surface area (Å²) in [4.78, 5) is 55.1. The molecule has 0 radical (unpaired) electrons. The Kier molecular flexibility index (Phi) is 8.44. The average Bonchev–Trinajstić information content (AvgIpc) is 3.14. The van der Waals surface area contributed by atoms with Crippen LogP contribution < -0.4 is 10.5 Å². The van der Waals surface area contributed by atoms with Crippen LogP contribution in [0.5, 0.6) is 5.75 Å². The van der Waals surface area contributed by atoms with Gasteiger partial charge in [-0.25, -0.2) is 14.2 Å². The third-order valence-corrected chi connectivity index (χ3v) is 7.49. The fraction of sp³-hybridized carbons (Fsp3) is 0.433. The minimum absolute atomic E-state index is 0.0804. The number of hydrogen-bond acceptors (Lipinski definition) is 7. The van der Waals surface area contributed by atoms with Crippen LogP contribution in [0.15, 0.2) is 29.3 Å². The van der Waals surface area contributed by atoms with E-state index in [9.17, 15) is 19.2 Å². The molecule has 5 rings (SSSR count). The van der Waals surface area contributed by atoms with Crippen LogP contribution in [0.2, 0.25) is 0 Å². The number of nitrogens with zero attached hydrogens (tertiary/aromatic N) is 2. The second-order valence-corrected chi connectivity index (χ2v) is 10.4. The van der Waals surface area contributed by atoms with E-state index in [4.69, 9.17) is 19.9 Å². The maximum Gasteiger partial charge on any atom is 0.409 e. The fourth-order valence-corrected chi connectivity index (χ4v) is 5.23. The van der Waals surface area contributed by atoms with Crippen molar-refractivity contribution in [2.24, 2.45) is 10.7 Å². The van der Waals surface area contributed by atoms with E-state index in [0.717, 1.165) is 29.5 Å². The zero-order valence-electron chi connectivity index (χ0n) is 22.9. The summed E-state index contributed by atoms with van der Waals surface area (Å²) in [5.74, 6) is -1.88. The Hall–Kier alpha value is -4.12. The van der Waals surface area contributed by atoms with Crippen LogP contribution in [0, 0.1) is 5.82 Å². The second-order valence-electron chi connectivity index (χ2n) is 10.4. The van der Waals surface area contributed by atoms with Crippen molar-refractivity contribution in [2.75, 3.05) is 26.3 Å². The Labute approximate surface area is 236 Å². The molecule has 2 aromatic carbocycles. The molecule has 1 atom stereocenters. The number of carbonyl (C=O) groups is 4. The van der Waals surface area contributed by atoms with Crippen molar-refractivity contribution in [2.45, 2.75) is 58.2 Å². The lowest BCUT2D eigenvalue weighted by Gasteiger charge is -2.23. The lowest BCUT2D eigenvalue weighted by molar-refractivity contribution is -0.129. The van der Waals surface area contributed by atoms with Gasteiger partial charge in [0.25, 0.3) is 11.8 Å². The largest absolute Gasteiger partial charge is 0.488 e. The topological polar surface area (TPSA) is 138 Å². The standard InChI is InChI=1S/C30H32FN3O7/c1-2-3-8-40-30(38)34-7-4-9-39-27(15-34)29(37)33-24(28(32)36)12-18-13-26-22(14-23(18)31)20-10-17-5-6-25(35)21(17)11-19(20)16-41-26/h10-11,13-14,27H,2-9,12,15-16H2,1H3,(H2,32,36)/t27-/m0/s1. The molecule has 3 aliphatic rings. The van der Waals surface area contributed by atoms with Crippen molar-refractivity contribution in [3.8, 4) is 16.9 Å². The van der Waals surface area contributed by atoms with Crippen LogP contribution in [0.1, 0.15) is 59.7 Å². The van der Waals surface area contributed by atoms with E-state index in [1.165, 1.54) is 17.0 Å². The van der Waals surface area contributed by atoms with Crippen LogP contribution in [-0.4, -0.2) is 66.7 Å². The van der Waals surface area contributed by atoms with Crippen LogP contribution >= 0.6 is 0 Å². The van der Waals surface area contributed by atoms with Crippen LogP contribution in [0.25, 0.3) is 11.1 Å². The highest BCUT2D eigenvalue weighted by Crippen LogP contribution is 2.41. The quantitative estimate of drug-likeness (QED) is 0.400. The monoisotopic (exact) mass is 565 g/mol. The first-order valence-corrected chi connectivity index (χ1v) is 13.8. The number of Topliss-reactive ketones (excluding diaryl/α,β-unsaturated/α-hetero) is 1. The molecule has 2 N–H and O–H groups in total. The number of unbranched alkanes of at least 4 members (excludes halogenated alkanes) is 1. The molecule has 2 aromatic rings. The van der Waals surface area contributed by atoms with E-state index in [1.807, 2.05) is 19.1 Å². The summed E-state index contributed by atoms with van der Waals surface area (Å²) in [6, 6.07) is 6.54. The Bertz CT molecular complexity index is 1440. The Morgan fingerprint density at radius 1 is 1.12 bits per heavy atom. The summed E-state index contributed by atoms with van der Waals surface area (Å²) < 4.78 is 32.1. The van der Waals surface area contributed by atoms with Gasteiger partial charge in [0, 0.05) is 37.1 Å². The molecule has 1 fully saturated rings. The van der Waals surface area contributed by atoms with Gasteiger partial charge in [0.15, 0.2) is 11.9 Å². The van der Waals surface area contributed by atoms with E-state index in [1.54, 1.807) is 0 Å². The normalized spacial score (nSPS) is 18.1. The number of hydrogen-bond donors (Lipinski definition) is 1. The molecule has 1 aliphatic carbocycles. The number of aryl methyl sites for hydroxylation is 1. The number of amides is 3. The predicted octanol–water partition coefficient (Wildman–Crippen LogP) is 3.54. The van der Waals surface area contributed by atoms with Gasteiger partial charge in [0.2, 0.25) is 0 Å². The molecule has 216 valence electrons. The number of ketones is 1. The number of aliphatic imine (C=N–C) groups is 1. The first kappa shape index (κ1) is 28.4. The lowest BCUT2D eigenvalue weighted by atomic mass is 9.91. The minimum Gasteiger partial charge on any atom is -0.488 e. The summed E-state index contributed by atoms with van der Waals surface area (Å²) in [6.45, 7) is 2.94. The molecule has 11 heteroatoms. The van der Waals surface area contributed by atoms with Crippen molar-refractivity contribution in [3.63, 3.8) is 0 Å². The van der Waals surface area contributed by atoms with Gasteiger partial charge in [-0.2, -0.15) is 0 Å². The highest BCUT2D eigenvalue weighted by molar-refractivity contribution is 6.40. The minimum atomic E-state index is -1.12. The number of nitrogens with two attached hydrogens (primary N) is 1.